The van der Waals surface area contributed by atoms with Gasteiger partial charge in [-0.3, -0.25) is 4.79 Å². The Morgan fingerprint density at radius 1 is 1.35 bits per heavy atom. The molecule has 1 saturated heterocycles. The maximum Gasteiger partial charge on any atom is 0.475 e. The Labute approximate surface area is 183 Å². The van der Waals surface area contributed by atoms with Crippen molar-refractivity contribution in [3.8, 4) is 6.07 Å². The Hall–Kier alpha value is -2.83. The molecule has 1 aliphatic rings. The number of likely N-dealkylation sites (tertiary alicyclic amines) is 1. The molecule has 1 aromatic rings. The lowest BCUT2D eigenvalue weighted by molar-refractivity contribution is -0.128. The zero-order valence-electron chi connectivity index (χ0n) is 18.2. The van der Waals surface area contributed by atoms with Gasteiger partial charge in [0.25, 0.3) is 5.91 Å². The van der Waals surface area contributed by atoms with Gasteiger partial charge >= 0.3 is 13.2 Å². The molecule has 0 spiro atoms. The minimum atomic E-state index is -1.75. The van der Waals surface area contributed by atoms with E-state index < -0.39 is 19.2 Å². The average molecular weight is 427 g/mol. The van der Waals surface area contributed by atoms with Crippen LogP contribution < -0.4 is 5.32 Å². The van der Waals surface area contributed by atoms with E-state index in [1.165, 1.54) is 0 Å². The van der Waals surface area contributed by atoms with E-state index in [9.17, 15) is 24.9 Å². The second kappa shape index (κ2) is 11.0. The van der Waals surface area contributed by atoms with Crippen LogP contribution in [0.1, 0.15) is 39.2 Å². The largest absolute Gasteiger partial charge is 0.475 e. The number of nitrogens with zero attached hydrogens (tertiary/aromatic N) is 2. The molecule has 31 heavy (non-hydrogen) atoms. The van der Waals surface area contributed by atoms with E-state index in [-0.39, 0.29) is 36.0 Å². The van der Waals surface area contributed by atoms with Crippen molar-refractivity contribution in [2.45, 2.75) is 52.0 Å². The number of hydrogen-bond acceptors (Lipinski definition) is 6. The van der Waals surface area contributed by atoms with Crippen LogP contribution >= 0.6 is 0 Å². The van der Waals surface area contributed by atoms with Crippen LogP contribution in [-0.2, 0) is 16.0 Å². The molecular weight excluding hydrogens is 397 g/mol. The zero-order valence-corrected chi connectivity index (χ0v) is 18.2. The molecule has 2 rings (SSSR count). The van der Waals surface area contributed by atoms with Gasteiger partial charge in [0.15, 0.2) is 0 Å². The lowest BCUT2D eigenvalue weighted by Crippen LogP contribution is -2.49. The van der Waals surface area contributed by atoms with E-state index in [2.05, 4.69) is 5.32 Å². The number of amides is 2. The van der Waals surface area contributed by atoms with Gasteiger partial charge in [-0.25, -0.2) is 4.79 Å². The third-order valence-electron chi connectivity index (χ3n) is 4.93. The molecule has 0 saturated carbocycles. The third-order valence-corrected chi connectivity index (χ3v) is 4.93. The summed E-state index contributed by atoms with van der Waals surface area (Å²) in [6.45, 7) is 6.19. The van der Waals surface area contributed by atoms with Crippen molar-refractivity contribution in [2.24, 2.45) is 5.41 Å². The van der Waals surface area contributed by atoms with Gasteiger partial charge in [0.1, 0.15) is 18.2 Å². The summed E-state index contributed by atoms with van der Waals surface area (Å²) in [6, 6.07) is 10.8. The molecule has 3 N–H and O–H groups in total. The van der Waals surface area contributed by atoms with Crippen molar-refractivity contribution < 1.29 is 24.4 Å². The monoisotopic (exact) mass is 427 g/mol. The molecule has 0 aliphatic carbocycles. The van der Waals surface area contributed by atoms with Crippen molar-refractivity contribution in [1.29, 1.82) is 5.26 Å². The molecule has 2 amide bonds. The van der Waals surface area contributed by atoms with Gasteiger partial charge in [-0.15, -0.1) is 0 Å². The first-order valence-electron chi connectivity index (χ1n) is 10.4. The summed E-state index contributed by atoms with van der Waals surface area (Å²) in [5.74, 6) is -1.30. The second-order valence-corrected chi connectivity index (χ2v) is 8.78. The number of hydrogen-bond donors (Lipinski definition) is 3. The fraction of sp³-hybridized carbons (Fsp3) is 0.500. The summed E-state index contributed by atoms with van der Waals surface area (Å²) in [7, 11) is -1.75. The Morgan fingerprint density at radius 3 is 2.61 bits per heavy atom. The maximum absolute atomic E-state index is 12.8. The Kier molecular flexibility index (Phi) is 8.66. The van der Waals surface area contributed by atoms with Gasteiger partial charge < -0.3 is 25.0 Å². The highest BCUT2D eigenvalue weighted by Crippen LogP contribution is 2.23. The van der Waals surface area contributed by atoms with Gasteiger partial charge in [0, 0.05) is 6.54 Å². The first-order chi connectivity index (χ1) is 14.6. The van der Waals surface area contributed by atoms with Crippen LogP contribution in [0.3, 0.4) is 0 Å². The minimum Gasteiger partial charge on any atom is -0.447 e. The summed E-state index contributed by atoms with van der Waals surface area (Å²) in [5, 5.41) is 31.0. The van der Waals surface area contributed by atoms with Crippen molar-refractivity contribution in [1.82, 2.24) is 10.2 Å². The number of benzene rings is 1. The number of ether oxygens (including phenoxy) is 1. The van der Waals surface area contributed by atoms with Gasteiger partial charge in [-0.05, 0) is 30.2 Å². The highest BCUT2D eigenvalue weighted by atomic mass is 16.5. The summed E-state index contributed by atoms with van der Waals surface area (Å²) >= 11 is 0. The second-order valence-electron chi connectivity index (χ2n) is 8.78. The first-order valence-corrected chi connectivity index (χ1v) is 10.4. The maximum atomic E-state index is 12.8. The van der Waals surface area contributed by atoms with E-state index >= 15 is 0 Å². The van der Waals surface area contributed by atoms with E-state index in [4.69, 9.17) is 4.74 Å². The van der Waals surface area contributed by atoms with Crippen molar-refractivity contribution in [3.05, 3.63) is 47.5 Å². The summed E-state index contributed by atoms with van der Waals surface area (Å²) in [5.41, 5.74) is 0.601. The molecule has 9 heteroatoms. The van der Waals surface area contributed by atoms with E-state index in [1.54, 1.807) is 11.0 Å². The number of carbonyl (C=O) groups excluding carboxylic acids is 2. The molecule has 0 aromatic heterocycles. The van der Waals surface area contributed by atoms with Crippen molar-refractivity contribution in [3.63, 3.8) is 0 Å². The molecule has 0 unspecified atom stereocenters. The molecule has 8 nitrogen and oxygen atoms in total. The lowest BCUT2D eigenvalue weighted by atomic mass is 9.76. The number of rotatable bonds is 7. The summed E-state index contributed by atoms with van der Waals surface area (Å²) in [4.78, 5) is 26.6. The molecule has 1 heterocycles. The van der Waals surface area contributed by atoms with Crippen LogP contribution in [0.15, 0.2) is 42.0 Å². The van der Waals surface area contributed by atoms with Gasteiger partial charge in [-0.2, -0.15) is 5.26 Å². The fourth-order valence-electron chi connectivity index (χ4n) is 3.47. The Morgan fingerprint density at radius 2 is 2.03 bits per heavy atom. The van der Waals surface area contributed by atoms with Gasteiger partial charge in [0.2, 0.25) is 0 Å². The molecule has 166 valence electrons. The Balaban J connectivity index is 1.94. The van der Waals surface area contributed by atoms with Crippen LogP contribution in [0.2, 0.25) is 0 Å². The molecule has 2 atom stereocenters. The molecule has 1 aliphatic heterocycles. The smallest absolute Gasteiger partial charge is 0.447 e. The zero-order chi connectivity index (χ0) is 23.0. The molecule has 0 radical (unpaired) electrons. The van der Waals surface area contributed by atoms with E-state index in [0.29, 0.717) is 13.0 Å². The Bertz CT molecular complexity index is 830. The van der Waals surface area contributed by atoms with E-state index in [0.717, 1.165) is 12.0 Å². The first kappa shape index (κ1) is 24.4. The van der Waals surface area contributed by atoms with Crippen LogP contribution in [0.4, 0.5) is 4.79 Å². The average Bonchev–Trinajstić information content (AvgIpc) is 3.18. The molecule has 1 fully saturated rings. The van der Waals surface area contributed by atoms with Crippen LogP contribution in [0.25, 0.3) is 0 Å². The highest BCUT2D eigenvalue weighted by Gasteiger charge is 2.33. The van der Waals surface area contributed by atoms with Crippen LogP contribution in [0.5, 0.6) is 0 Å². The number of alkyl carbamates (subject to hydrolysis) is 1. The van der Waals surface area contributed by atoms with Crippen molar-refractivity contribution >= 4 is 19.1 Å². The quantitative estimate of drug-likeness (QED) is 0.347. The minimum absolute atomic E-state index is 0.0363. The number of allylic oxidation sites excluding steroid dienone is 1. The third kappa shape index (κ3) is 7.74. The predicted molar refractivity (Wildman–Crippen MR) is 116 cm³/mol. The molecular formula is C22H30BN3O5. The van der Waals surface area contributed by atoms with Crippen LogP contribution in [-0.4, -0.2) is 59.2 Å². The van der Waals surface area contributed by atoms with Crippen LogP contribution in [0, 0.1) is 16.7 Å². The SMILES string of the molecule is CC(C)(C)C=C(C#N)C(=O)N1CCC[C@@H]1COC(=O)N[C@@H](Cc1ccccc1)B(O)O. The molecule has 0 bridgehead atoms. The highest BCUT2D eigenvalue weighted by molar-refractivity contribution is 6.43. The molecule has 1 aromatic carbocycles. The summed E-state index contributed by atoms with van der Waals surface area (Å²) in [6.07, 6.45) is 2.49. The van der Waals surface area contributed by atoms with E-state index in [1.807, 2.05) is 57.2 Å². The van der Waals surface area contributed by atoms with Gasteiger partial charge in [0.05, 0.1) is 12.0 Å². The topological polar surface area (TPSA) is 123 Å². The fourth-order valence-corrected chi connectivity index (χ4v) is 3.47. The number of nitrogens with one attached hydrogen (secondary N) is 1. The standard InChI is InChI=1S/C22H30BN3O5/c1-22(2,3)13-17(14-24)20(27)26-11-7-10-18(26)15-31-21(28)25-19(23(29)30)12-16-8-5-4-6-9-16/h4-6,8-9,13,18-19,29-30H,7,10-12,15H2,1-3H3,(H,25,28)/t18-,19+/m1/s1. The number of nitriles is 1. The van der Waals surface area contributed by atoms with Crippen molar-refractivity contribution in [2.75, 3.05) is 13.2 Å². The van der Waals surface area contributed by atoms with Gasteiger partial charge in [-0.1, -0.05) is 57.2 Å². The summed E-state index contributed by atoms with van der Waals surface area (Å²) < 4.78 is 5.27. The number of carbonyl (C=O) groups is 2. The normalized spacial score (nSPS) is 17.6. The predicted octanol–water partition coefficient (Wildman–Crippen LogP) is 1.82. The lowest BCUT2D eigenvalue weighted by Gasteiger charge is -2.25.